The number of hydroxylamine groups is 1. The summed E-state index contributed by atoms with van der Waals surface area (Å²) in [5, 5.41) is 9.61. The fraction of sp³-hybridized carbons (Fsp3) is 0.200. The van der Waals surface area contributed by atoms with Gasteiger partial charge < -0.3 is 9.64 Å². The van der Waals surface area contributed by atoms with Crippen LogP contribution in [0.25, 0.3) is 22.0 Å². The van der Waals surface area contributed by atoms with Gasteiger partial charge in [-0.2, -0.15) is 0 Å². The van der Waals surface area contributed by atoms with Crippen LogP contribution < -0.4 is 10.2 Å². The molecule has 0 aliphatic carbocycles. The van der Waals surface area contributed by atoms with Gasteiger partial charge in [0, 0.05) is 18.1 Å². The van der Waals surface area contributed by atoms with Gasteiger partial charge in [0.15, 0.2) is 0 Å². The fourth-order valence-corrected chi connectivity index (χ4v) is 2.61. The molecule has 2 aromatic carbocycles. The Kier molecular flexibility index (Phi) is 5.46. The first kappa shape index (κ1) is 17.8. The Hall–Kier alpha value is -2.96. The van der Waals surface area contributed by atoms with Crippen LogP contribution in [0.5, 0.6) is 5.75 Å². The molecule has 0 atom stereocenters. The van der Waals surface area contributed by atoms with Gasteiger partial charge in [0.05, 0.1) is 11.1 Å². The zero-order valence-corrected chi connectivity index (χ0v) is 14.8. The Morgan fingerprint density at radius 2 is 1.96 bits per heavy atom. The summed E-state index contributed by atoms with van der Waals surface area (Å²) < 4.78 is 5.80. The van der Waals surface area contributed by atoms with E-state index in [0.29, 0.717) is 12.2 Å². The van der Waals surface area contributed by atoms with Crippen molar-refractivity contribution < 1.29 is 14.7 Å². The van der Waals surface area contributed by atoms with Crippen molar-refractivity contribution >= 4 is 16.8 Å². The smallest absolute Gasteiger partial charge is 0.276 e. The van der Waals surface area contributed by atoms with Gasteiger partial charge in [-0.25, -0.2) is 5.48 Å². The number of fused-ring (bicyclic) bond motifs is 1. The number of carbonyl (C=O) groups is 1. The second-order valence-corrected chi connectivity index (χ2v) is 6.25. The molecule has 134 valence electrons. The zero-order chi connectivity index (χ0) is 18.5. The van der Waals surface area contributed by atoms with E-state index in [0.717, 1.165) is 34.3 Å². The summed E-state index contributed by atoms with van der Waals surface area (Å²) in [5.41, 5.74) is 4.73. The molecule has 0 unspecified atom stereocenters. The number of ether oxygens (including phenoxy) is 1. The number of nitrogens with one attached hydrogen (secondary N) is 1. The van der Waals surface area contributed by atoms with Crippen LogP contribution in [0.1, 0.15) is 10.4 Å². The van der Waals surface area contributed by atoms with E-state index in [2.05, 4.69) is 9.88 Å². The van der Waals surface area contributed by atoms with Crippen LogP contribution in [-0.4, -0.2) is 48.2 Å². The maximum Gasteiger partial charge on any atom is 0.276 e. The van der Waals surface area contributed by atoms with E-state index in [9.17, 15) is 4.79 Å². The van der Waals surface area contributed by atoms with Gasteiger partial charge in [0.2, 0.25) is 0 Å². The minimum Gasteiger partial charge on any atom is -0.492 e. The molecule has 3 aromatic rings. The van der Waals surface area contributed by atoms with Crippen molar-refractivity contribution in [2.24, 2.45) is 0 Å². The number of rotatable bonds is 6. The van der Waals surface area contributed by atoms with Crippen LogP contribution >= 0.6 is 0 Å². The number of carbonyl (C=O) groups excluding carboxylic acids is 1. The third kappa shape index (κ3) is 4.17. The Bertz CT molecular complexity index is 925. The molecule has 26 heavy (non-hydrogen) atoms. The van der Waals surface area contributed by atoms with Gasteiger partial charge in [-0.1, -0.05) is 18.2 Å². The van der Waals surface area contributed by atoms with Gasteiger partial charge in [-0.05, 0) is 55.6 Å². The highest BCUT2D eigenvalue weighted by Crippen LogP contribution is 2.27. The minimum atomic E-state index is -0.582. The molecule has 0 aliphatic heterocycles. The van der Waals surface area contributed by atoms with Crippen molar-refractivity contribution in [1.29, 1.82) is 0 Å². The maximum absolute atomic E-state index is 11.6. The number of hydrogen-bond donors (Lipinski definition) is 2. The Balaban J connectivity index is 1.88. The fourth-order valence-electron chi connectivity index (χ4n) is 2.61. The highest BCUT2D eigenvalue weighted by atomic mass is 16.5. The first-order valence-corrected chi connectivity index (χ1v) is 8.29. The van der Waals surface area contributed by atoms with Crippen LogP contribution in [0.3, 0.4) is 0 Å². The average Bonchev–Trinajstić information content (AvgIpc) is 2.66. The molecule has 1 amide bonds. The lowest BCUT2D eigenvalue weighted by atomic mass is 10.0. The normalized spacial score (nSPS) is 10.9. The number of benzene rings is 2. The first-order valence-electron chi connectivity index (χ1n) is 8.29. The van der Waals surface area contributed by atoms with Crippen molar-refractivity contribution in [1.82, 2.24) is 15.4 Å². The van der Waals surface area contributed by atoms with Crippen molar-refractivity contribution in [3.63, 3.8) is 0 Å². The molecule has 0 spiro atoms. The molecule has 0 bridgehead atoms. The third-order valence-electron chi connectivity index (χ3n) is 4.02. The van der Waals surface area contributed by atoms with Crippen LogP contribution in [0.2, 0.25) is 0 Å². The number of hydrogen-bond acceptors (Lipinski definition) is 5. The van der Waals surface area contributed by atoms with Crippen molar-refractivity contribution in [3.05, 3.63) is 60.3 Å². The summed E-state index contributed by atoms with van der Waals surface area (Å²) in [4.78, 5) is 17.9. The Morgan fingerprint density at radius 3 is 2.73 bits per heavy atom. The second-order valence-electron chi connectivity index (χ2n) is 6.25. The summed E-state index contributed by atoms with van der Waals surface area (Å²) in [6.07, 6.45) is 1.44. The lowest BCUT2D eigenvalue weighted by Gasteiger charge is -2.12. The number of likely N-dealkylation sites (N-methyl/N-ethyl adjacent to an activating group) is 1. The van der Waals surface area contributed by atoms with Gasteiger partial charge in [-0.3, -0.25) is 15.0 Å². The van der Waals surface area contributed by atoms with E-state index in [1.807, 2.05) is 56.6 Å². The second kappa shape index (κ2) is 7.95. The molecule has 1 heterocycles. The predicted molar refractivity (Wildman–Crippen MR) is 100 cm³/mol. The molecule has 0 saturated carbocycles. The van der Waals surface area contributed by atoms with E-state index >= 15 is 0 Å². The quantitative estimate of drug-likeness (QED) is 0.528. The maximum atomic E-state index is 11.6. The standard InChI is InChI=1S/C20H21N3O3/c1-23(2)8-9-26-18-5-3-4-14(12-18)15-6-7-19-16(10-15)11-17(13-21-19)20(24)22-25/h3-7,10-13,25H,8-9H2,1-2H3,(H,22,24). The molecule has 1 aromatic heterocycles. The molecular formula is C20H21N3O3. The van der Waals surface area contributed by atoms with Crippen LogP contribution in [-0.2, 0) is 0 Å². The lowest BCUT2D eigenvalue weighted by molar-refractivity contribution is 0.0706. The summed E-state index contributed by atoms with van der Waals surface area (Å²) >= 11 is 0. The first-order chi connectivity index (χ1) is 12.6. The topological polar surface area (TPSA) is 74.7 Å². The van der Waals surface area contributed by atoms with Gasteiger partial charge >= 0.3 is 0 Å². The van der Waals surface area contributed by atoms with E-state index < -0.39 is 5.91 Å². The molecule has 6 heteroatoms. The SMILES string of the molecule is CN(C)CCOc1cccc(-c2ccc3ncc(C(=O)NO)cc3c2)c1. The van der Waals surface area contributed by atoms with Crippen LogP contribution in [0.15, 0.2) is 54.7 Å². The van der Waals surface area contributed by atoms with Crippen molar-refractivity contribution in [2.75, 3.05) is 27.2 Å². The predicted octanol–water partition coefficient (Wildman–Crippen LogP) is 2.96. The van der Waals surface area contributed by atoms with Gasteiger partial charge in [0.25, 0.3) is 5.91 Å². The molecule has 0 aliphatic rings. The zero-order valence-electron chi connectivity index (χ0n) is 14.8. The number of aromatic nitrogens is 1. The highest BCUT2D eigenvalue weighted by Gasteiger charge is 2.08. The summed E-state index contributed by atoms with van der Waals surface area (Å²) in [5.74, 6) is 0.233. The minimum absolute atomic E-state index is 0.304. The van der Waals surface area contributed by atoms with Gasteiger partial charge in [0.1, 0.15) is 12.4 Å². The van der Waals surface area contributed by atoms with Crippen LogP contribution in [0.4, 0.5) is 0 Å². The molecule has 2 N–H and O–H groups in total. The monoisotopic (exact) mass is 351 g/mol. The molecule has 0 fully saturated rings. The Labute approximate surface area is 152 Å². The van der Waals surface area contributed by atoms with E-state index in [1.165, 1.54) is 6.20 Å². The van der Waals surface area contributed by atoms with Crippen molar-refractivity contribution in [2.45, 2.75) is 0 Å². The largest absolute Gasteiger partial charge is 0.492 e. The van der Waals surface area contributed by atoms with Crippen LogP contribution in [0, 0.1) is 0 Å². The van der Waals surface area contributed by atoms with Crippen molar-refractivity contribution in [3.8, 4) is 16.9 Å². The number of pyridine rings is 1. The molecule has 6 nitrogen and oxygen atoms in total. The molecule has 0 saturated heterocycles. The number of nitrogens with zero attached hydrogens (tertiary/aromatic N) is 2. The average molecular weight is 351 g/mol. The summed E-state index contributed by atoms with van der Waals surface area (Å²) in [6.45, 7) is 1.47. The summed E-state index contributed by atoms with van der Waals surface area (Å²) in [6, 6.07) is 15.5. The molecule has 0 radical (unpaired) electrons. The highest BCUT2D eigenvalue weighted by molar-refractivity contribution is 5.97. The van der Waals surface area contributed by atoms with E-state index in [-0.39, 0.29) is 0 Å². The van der Waals surface area contributed by atoms with Gasteiger partial charge in [-0.15, -0.1) is 0 Å². The van der Waals surface area contributed by atoms with E-state index in [1.54, 1.807) is 11.5 Å². The Morgan fingerprint density at radius 1 is 1.15 bits per heavy atom. The molecule has 3 rings (SSSR count). The third-order valence-corrected chi connectivity index (χ3v) is 4.02. The van der Waals surface area contributed by atoms with E-state index in [4.69, 9.17) is 9.94 Å². The molecular weight excluding hydrogens is 330 g/mol. The number of amides is 1. The summed E-state index contributed by atoms with van der Waals surface area (Å²) in [7, 11) is 4.02. The lowest BCUT2D eigenvalue weighted by Crippen LogP contribution is -2.19.